The van der Waals surface area contributed by atoms with Gasteiger partial charge in [0.2, 0.25) is 5.91 Å². The lowest BCUT2D eigenvalue weighted by Crippen LogP contribution is -2.49. The van der Waals surface area contributed by atoms with Crippen LogP contribution in [0.4, 0.5) is 0 Å². The van der Waals surface area contributed by atoms with Crippen LogP contribution in [0, 0.1) is 5.92 Å². The van der Waals surface area contributed by atoms with Gasteiger partial charge in [-0.3, -0.25) is 4.79 Å². The van der Waals surface area contributed by atoms with Crippen molar-refractivity contribution in [3.8, 4) is 0 Å². The molecule has 1 saturated heterocycles. The highest BCUT2D eigenvalue weighted by Crippen LogP contribution is 2.35. The molecule has 1 saturated carbocycles. The van der Waals surface area contributed by atoms with Crippen LogP contribution in [0.2, 0.25) is 0 Å². The zero-order chi connectivity index (χ0) is 11.4. The van der Waals surface area contributed by atoms with Crippen LogP contribution >= 0.6 is 0 Å². The Labute approximate surface area is 97.8 Å². The van der Waals surface area contributed by atoms with Crippen LogP contribution in [0.15, 0.2) is 0 Å². The minimum absolute atomic E-state index is 0.133. The van der Waals surface area contributed by atoms with E-state index in [0.29, 0.717) is 18.9 Å². The Morgan fingerprint density at radius 1 is 1.19 bits per heavy atom. The van der Waals surface area contributed by atoms with E-state index in [2.05, 4.69) is 4.90 Å². The SMILES string of the molecule is O=C(CCCO)N1CCC[C@H]2CCCC[C@H]21. The first-order valence-corrected chi connectivity index (χ1v) is 6.73. The largest absolute Gasteiger partial charge is 0.396 e. The third-order valence-electron chi connectivity index (χ3n) is 4.11. The van der Waals surface area contributed by atoms with Gasteiger partial charge in [0.25, 0.3) is 0 Å². The summed E-state index contributed by atoms with van der Waals surface area (Å²) >= 11 is 0. The molecule has 92 valence electrons. The minimum Gasteiger partial charge on any atom is -0.396 e. The zero-order valence-corrected chi connectivity index (χ0v) is 10.0. The lowest BCUT2D eigenvalue weighted by atomic mass is 9.78. The lowest BCUT2D eigenvalue weighted by molar-refractivity contribution is -0.137. The van der Waals surface area contributed by atoms with Crippen molar-refractivity contribution < 1.29 is 9.90 Å². The summed E-state index contributed by atoms with van der Waals surface area (Å²) < 4.78 is 0. The average molecular weight is 225 g/mol. The number of amides is 1. The molecule has 1 aliphatic carbocycles. The van der Waals surface area contributed by atoms with Crippen molar-refractivity contribution in [1.29, 1.82) is 0 Å². The fourth-order valence-corrected chi connectivity index (χ4v) is 3.31. The van der Waals surface area contributed by atoms with Crippen LogP contribution in [0.3, 0.4) is 0 Å². The molecule has 2 atom stereocenters. The molecule has 1 amide bonds. The Bertz CT molecular complexity index is 240. The quantitative estimate of drug-likeness (QED) is 0.797. The molecule has 3 heteroatoms. The molecule has 0 aromatic carbocycles. The zero-order valence-electron chi connectivity index (χ0n) is 10.0. The molecule has 2 rings (SSSR count). The van der Waals surface area contributed by atoms with Crippen LogP contribution in [-0.4, -0.2) is 35.1 Å². The van der Waals surface area contributed by atoms with Gasteiger partial charge >= 0.3 is 0 Å². The van der Waals surface area contributed by atoms with Gasteiger partial charge in [-0.15, -0.1) is 0 Å². The van der Waals surface area contributed by atoms with Crippen molar-refractivity contribution in [3.63, 3.8) is 0 Å². The highest BCUT2D eigenvalue weighted by molar-refractivity contribution is 5.76. The summed E-state index contributed by atoms with van der Waals surface area (Å²) in [5.74, 6) is 1.03. The highest BCUT2D eigenvalue weighted by Gasteiger charge is 2.35. The van der Waals surface area contributed by atoms with Gasteiger partial charge in [0.15, 0.2) is 0 Å². The molecule has 1 aliphatic heterocycles. The molecule has 2 aliphatic rings. The second kappa shape index (κ2) is 5.67. The molecule has 2 fully saturated rings. The summed E-state index contributed by atoms with van der Waals surface area (Å²) in [7, 11) is 0. The van der Waals surface area contributed by atoms with Crippen LogP contribution in [0.25, 0.3) is 0 Å². The summed E-state index contributed by atoms with van der Waals surface area (Å²) in [5, 5.41) is 8.78. The van der Waals surface area contributed by atoms with Crippen molar-refractivity contribution in [1.82, 2.24) is 4.90 Å². The maximum atomic E-state index is 12.0. The molecule has 1 heterocycles. The fourth-order valence-electron chi connectivity index (χ4n) is 3.31. The molecule has 0 aromatic rings. The first-order chi connectivity index (χ1) is 7.83. The third kappa shape index (κ3) is 2.57. The van der Waals surface area contributed by atoms with Crippen molar-refractivity contribution in [2.24, 2.45) is 5.92 Å². The normalized spacial score (nSPS) is 29.9. The smallest absolute Gasteiger partial charge is 0.222 e. The van der Waals surface area contributed by atoms with Crippen LogP contribution < -0.4 is 0 Å². The minimum atomic E-state index is 0.133. The number of piperidine rings is 1. The van der Waals surface area contributed by atoms with Gasteiger partial charge in [-0.1, -0.05) is 12.8 Å². The van der Waals surface area contributed by atoms with Crippen LogP contribution in [-0.2, 0) is 4.79 Å². The first-order valence-electron chi connectivity index (χ1n) is 6.73. The van der Waals surface area contributed by atoms with Crippen molar-refractivity contribution in [2.45, 2.75) is 57.4 Å². The molecule has 0 spiro atoms. The van der Waals surface area contributed by atoms with E-state index in [9.17, 15) is 4.79 Å². The predicted octanol–water partition coefficient (Wildman–Crippen LogP) is 1.94. The number of likely N-dealkylation sites (tertiary alicyclic amines) is 1. The molecule has 0 radical (unpaired) electrons. The number of hydrogen-bond acceptors (Lipinski definition) is 2. The topological polar surface area (TPSA) is 40.5 Å². The third-order valence-corrected chi connectivity index (χ3v) is 4.11. The van der Waals surface area contributed by atoms with Crippen molar-refractivity contribution >= 4 is 5.91 Å². The molecule has 3 nitrogen and oxygen atoms in total. The predicted molar refractivity (Wildman–Crippen MR) is 63.0 cm³/mol. The summed E-state index contributed by atoms with van der Waals surface area (Å²) in [4.78, 5) is 14.1. The van der Waals surface area contributed by atoms with Crippen LogP contribution in [0.5, 0.6) is 0 Å². The Kier molecular flexibility index (Phi) is 4.22. The van der Waals surface area contributed by atoms with E-state index in [4.69, 9.17) is 5.11 Å². The van der Waals surface area contributed by atoms with Gasteiger partial charge in [0.05, 0.1) is 0 Å². The average Bonchev–Trinajstić information content (AvgIpc) is 2.35. The first kappa shape index (κ1) is 11.9. The Morgan fingerprint density at radius 2 is 1.94 bits per heavy atom. The summed E-state index contributed by atoms with van der Waals surface area (Å²) in [6.07, 6.45) is 8.78. The molecular weight excluding hydrogens is 202 g/mol. The lowest BCUT2D eigenvalue weighted by Gasteiger charge is -2.44. The van der Waals surface area contributed by atoms with Gasteiger partial charge < -0.3 is 10.0 Å². The number of rotatable bonds is 3. The van der Waals surface area contributed by atoms with E-state index in [1.54, 1.807) is 0 Å². The number of aliphatic hydroxyl groups is 1. The number of carbonyl (C=O) groups is 1. The van der Waals surface area contributed by atoms with Crippen molar-refractivity contribution in [3.05, 3.63) is 0 Å². The Hall–Kier alpha value is -0.570. The van der Waals surface area contributed by atoms with E-state index in [-0.39, 0.29) is 12.5 Å². The maximum absolute atomic E-state index is 12.0. The summed E-state index contributed by atoms with van der Waals surface area (Å²) in [6.45, 7) is 1.08. The standard InChI is InChI=1S/C13H23NO2/c15-10-4-8-13(16)14-9-3-6-11-5-1-2-7-12(11)14/h11-12,15H,1-10H2/t11-,12-/m1/s1. The number of fused-ring (bicyclic) bond motifs is 1. The van der Waals surface area contributed by atoms with Gasteiger partial charge in [0.1, 0.15) is 0 Å². The summed E-state index contributed by atoms with van der Waals surface area (Å²) in [5.41, 5.74) is 0. The van der Waals surface area contributed by atoms with Gasteiger partial charge in [-0.05, 0) is 38.0 Å². The second-order valence-electron chi connectivity index (χ2n) is 5.17. The second-order valence-corrected chi connectivity index (χ2v) is 5.17. The van der Waals surface area contributed by atoms with Gasteiger partial charge in [0, 0.05) is 25.6 Å². The van der Waals surface area contributed by atoms with Gasteiger partial charge in [-0.2, -0.15) is 0 Å². The van der Waals surface area contributed by atoms with E-state index in [1.165, 1.54) is 38.5 Å². The molecular formula is C13H23NO2. The summed E-state index contributed by atoms with van der Waals surface area (Å²) in [6, 6.07) is 0.522. The molecule has 0 bridgehead atoms. The maximum Gasteiger partial charge on any atom is 0.222 e. The highest BCUT2D eigenvalue weighted by atomic mass is 16.3. The van der Waals surface area contributed by atoms with Crippen molar-refractivity contribution in [2.75, 3.05) is 13.2 Å². The van der Waals surface area contributed by atoms with E-state index in [1.807, 2.05) is 0 Å². The molecule has 1 N–H and O–H groups in total. The molecule has 0 aromatic heterocycles. The van der Waals surface area contributed by atoms with Gasteiger partial charge in [-0.25, -0.2) is 0 Å². The number of carbonyl (C=O) groups excluding carboxylic acids is 1. The van der Waals surface area contributed by atoms with E-state index in [0.717, 1.165) is 12.5 Å². The number of hydrogen-bond donors (Lipinski definition) is 1. The van der Waals surface area contributed by atoms with Crippen LogP contribution in [0.1, 0.15) is 51.4 Å². The molecule has 0 unspecified atom stereocenters. The Morgan fingerprint density at radius 3 is 2.75 bits per heavy atom. The number of nitrogens with zero attached hydrogens (tertiary/aromatic N) is 1. The number of aliphatic hydroxyl groups excluding tert-OH is 1. The van der Waals surface area contributed by atoms with E-state index >= 15 is 0 Å². The molecule has 16 heavy (non-hydrogen) atoms. The Balaban J connectivity index is 1.93. The van der Waals surface area contributed by atoms with E-state index < -0.39 is 0 Å². The monoisotopic (exact) mass is 225 g/mol. The fraction of sp³-hybridized carbons (Fsp3) is 0.923.